The first kappa shape index (κ1) is 14.4. The van der Waals surface area contributed by atoms with Gasteiger partial charge in [-0.15, -0.1) is 6.58 Å². The molecule has 0 N–H and O–H groups in total. The first-order chi connectivity index (χ1) is 7.74. The minimum Gasteiger partial charge on any atom is -0.103 e. The van der Waals surface area contributed by atoms with Crippen LogP contribution in [0.15, 0.2) is 55.7 Å². The Balaban J connectivity index is 0.00000106. The summed E-state index contributed by atoms with van der Waals surface area (Å²) in [6.07, 6.45) is 6.87. The Kier molecular flexibility index (Phi) is 7.87. The van der Waals surface area contributed by atoms with E-state index < -0.39 is 0 Å². The lowest BCUT2D eigenvalue weighted by molar-refractivity contribution is 1.40. The van der Waals surface area contributed by atoms with Crippen LogP contribution in [0.5, 0.6) is 0 Å². The van der Waals surface area contributed by atoms with Gasteiger partial charge in [0.05, 0.1) is 0 Å². The Morgan fingerprint density at radius 2 is 1.75 bits per heavy atom. The molecule has 0 saturated heterocycles. The first-order valence-corrected chi connectivity index (χ1v) is 5.77. The summed E-state index contributed by atoms with van der Waals surface area (Å²) in [5.41, 5.74) is 3.50. The maximum Gasteiger partial charge on any atom is -0.0169 e. The smallest absolute Gasteiger partial charge is 0.0169 e. The standard InChI is InChI=1S/C14H16.C2H6/c1-4-5-6-7-13(3)14-10-8-12(2)9-11-14;1-2/h4,6-11H,1,3,5H2,2H3;1-2H3/b7-6-;. The van der Waals surface area contributed by atoms with Crippen molar-refractivity contribution in [3.63, 3.8) is 0 Å². The highest BCUT2D eigenvalue weighted by atomic mass is 14.0. The minimum absolute atomic E-state index is 0.894. The van der Waals surface area contributed by atoms with E-state index >= 15 is 0 Å². The number of aryl methyl sites for hydroxylation is 1. The molecule has 0 radical (unpaired) electrons. The Morgan fingerprint density at radius 1 is 1.19 bits per heavy atom. The normalized spacial score (nSPS) is 9.44. The van der Waals surface area contributed by atoms with Gasteiger partial charge in [0.2, 0.25) is 0 Å². The lowest BCUT2D eigenvalue weighted by Crippen LogP contribution is -1.79. The summed E-state index contributed by atoms with van der Waals surface area (Å²) >= 11 is 0. The second-order valence-electron chi connectivity index (χ2n) is 3.32. The summed E-state index contributed by atoms with van der Waals surface area (Å²) < 4.78 is 0. The van der Waals surface area contributed by atoms with Crippen molar-refractivity contribution in [2.45, 2.75) is 27.2 Å². The fourth-order valence-corrected chi connectivity index (χ4v) is 1.17. The van der Waals surface area contributed by atoms with E-state index in [2.05, 4.69) is 50.4 Å². The average Bonchev–Trinajstić information content (AvgIpc) is 2.33. The Hall–Kier alpha value is -1.56. The van der Waals surface area contributed by atoms with E-state index in [1.807, 2.05) is 26.0 Å². The lowest BCUT2D eigenvalue weighted by atomic mass is 10.1. The number of benzene rings is 1. The van der Waals surface area contributed by atoms with E-state index in [1.165, 1.54) is 11.1 Å². The van der Waals surface area contributed by atoms with Crippen molar-refractivity contribution in [2.75, 3.05) is 0 Å². The molecule has 0 spiro atoms. The van der Waals surface area contributed by atoms with Crippen molar-refractivity contribution < 1.29 is 0 Å². The zero-order chi connectivity index (χ0) is 12.4. The largest absolute Gasteiger partial charge is 0.103 e. The molecule has 0 fully saturated rings. The number of hydrogen-bond acceptors (Lipinski definition) is 0. The molecule has 0 saturated carbocycles. The van der Waals surface area contributed by atoms with E-state index in [0.717, 1.165) is 12.0 Å². The van der Waals surface area contributed by atoms with Crippen LogP contribution in [0.3, 0.4) is 0 Å². The fraction of sp³-hybridized carbons (Fsp3) is 0.250. The highest BCUT2D eigenvalue weighted by Gasteiger charge is 1.92. The van der Waals surface area contributed by atoms with Gasteiger partial charge in [0, 0.05) is 0 Å². The van der Waals surface area contributed by atoms with Gasteiger partial charge < -0.3 is 0 Å². The summed E-state index contributed by atoms with van der Waals surface area (Å²) in [6.45, 7) is 13.7. The molecule has 1 aromatic carbocycles. The lowest BCUT2D eigenvalue weighted by Gasteiger charge is -2.00. The van der Waals surface area contributed by atoms with E-state index in [-0.39, 0.29) is 0 Å². The number of allylic oxidation sites excluding steroid dienone is 4. The van der Waals surface area contributed by atoms with Gasteiger partial charge >= 0.3 is 0 Å². The van der Waals surface area contributed by atoms with E-state index in [1.54, 1.807) is 0 Å². The molecular weight excluding hydrogens is 192 g/mol. The van der Waals surface area contributed by atoms with Gasteiger partial charge in [-0.25, -0.2) is 0 Å². The van der Waals surface area contributed by atoms with E-state index in [0.29, 0.717) is 0 Å². The molecule has 0 bridgehead atoms. The zero-order valence-corrected chi connectivity index (χ0v) is 10.7. The molecule has 0 aliphatic heterocycles. The van der Waals surface area contributed by atoms with Gasteiger partial charge in [0.25, 0.3) is 0 Å². The number of hydrogen-bond donors (Lipinski definition) is 0. The van der Waals surface area contributed by atoms with Gasteiger partial charge in [-0.3, -0.25) is 0 Å². The van der Waals surface area contributed by atoms with E-state index in [4.69, 9.17) is 0 Å². The average molecular weight is 214 g/mol. The summed E-state index contributed by atoms with van der Waals surface area (Å²) in [5.74, 6) is 0. The Bertz CT molecular complexity index is 339. The van der Waals surface area contributed by atoms with Crippen LogP contribution in [0, 0.1) is 6.92 Å². The third-order valence-electron chi connectivity index (χ3n) is 2.04. The van der Waals surface area contributed by atoms with Crippen LogP contribution in [0.25, 0.3) is 5.57 Å². The molecule has 86 valence electrons. The highest BCUT2D eigenvalue weighted by molar-refractivity contribution is 5.71. The SMILES string of the molecule is C=CC/C=C\C(=C)c1ccc(C)cc1.CC. The van der Waals surface area contributed by atoms with Crippen LogP contribution in [-0.4, -0.2) is 0 Å². The van der Waals surface area contributed by atoms with Crippen LogP contribution in [0.4, 0.5) is 0 Å². The first-order valence-electron chi connectivity index (χ1n) is 5.77. The summed E-state index contributed by atoms with van der Waals surface area (Å²) in [7, 11) is 0. The quantitative estimate of drug-likeness (QED) is 0.479. The monoisotopic (exact) mass is 214 g/mol. The van der Waals surface area contributed by atoms with Gasteiger partial charge in [0.15, 0.2) is 0 Å². The molecule has 0 aliphatic rings. The topological polar surface area (TPSA) is 0 Å². The molecular formula is C16H22. The molecule has 1 rings (SSSR count). The van der Waals surface area contributed by atoms with Crippen LogP contribution < -0.4 is 0 Å². The summed E-state index contributed by atoms with van der Waals surface area (Å²) in [5, 5.41) is 0. The second-order valence-corrected chi connectivity index (χ2v) is 3.32. The molecule has 0 amide bonds. The van der Waals surface area contributed by atoms with Gasteiger partial charge in [-0.05, 0) is 24.5 Å². The second kappa shape index (κ2) is 8.72. The molecule has 0 nitrogen and oxygen atoms in total. The van der Waals surface area contributed by atoms with Crippen LogP contribution in [0.1, 0.15) is 31.4 Å². The molecule has 0 heterocycles. The van der Waals surface area contributed by atoms with Crippen molar-refractivity contribution in [2.24, 2.45) is 0 Å². The fourth-order valence-electron chi connectivity index (χ4n) is 1.17. The zero-order valence-electron chi connectivity index (χ0n) is 10.7. The van der Waals surface area contributed by atoms with Crippen LogP contribution in [-0.2, 0) is 0 Å². The van der Waals surface area contributed by atoms with Crippen LogP contribution >= 0.6 is 0 Å². The molecule has 0 aromatic heterocycles. The molecule has 1 aromatic rings. The molecule has 0 aliphatic carbocycles. The van der Waals surface area contributed by atoms with Crippen molar-refractivity contribution >= 4 is 5.57 Å². The predicted octanol–water partition coefficient (Wildman–Crippen LogP) is 5.17. The van der Waals surface area contributed by atoms with Gasteiger partial charge in [0.1, 0.15) is 0 Å². The molecule has 0 atom stereocenters. The van der Waals surface area contributed by atoms with Gasteiger partial charge in [-0.1, -0.05) is 68.5 Å². The van der Waals surface area contributed by atoms with E-state index in [9.17, 15) is 0 Å². The van der Waals surface area contributed by atoms with Crippen molar-refractivity contribution in [3.05, 3.63) is 66.8 Å². The maximum absolute atomic E-state index is 4.01. The maximum atomic E-state index is 4.01. The molecule has 0 heteroatoms. The van der Waals surface area contributed by atoms with Crippen molar-refractivity contribution in [1.29, 1.82) is 0 Å². The summed E-state index contributed by atoms with van der Waals surface area (Å²) in [6, 6.07) is 8.38. The van der Waals surface area contributed by atoms with Crippen LogP contribution in [0.2, 0.25) is 0 Å². The highest BCUT2D eigenvalue weighted by Crippen LogP contribution is 2.14. The molecule has 16 heavy (non-hydrogen) atoms. The van der Waals surface area contributed by atoms with Crippen molar-refractivity contribution in [1.82, 2.24) is 0 Å². The summed E-state index contributed by atoms with van der Waals surface area (Å²) in [4.78, 5) is 0. The van der Waals surface area contributed by atoms with Crippen molar-refractivity contribution in [3.8, 4) is 0 Å². The minimum atomic E-state index is 0.894. The number of rotatable bonds is 4. The Morgan fingerprint density at radius 3 is 2.25 bits per heavy atom. The predicted molar refractivity (Wildman–Crippen MR) is 75.5 cm³/mol. The van der Waals surface area contributed by atoms with Gasteiger partial charge in [-0.2, -0.15) is 0 Å². The third-order valence-corrected chi connectivity index (χ3v) is 2.04. The Labute approximate surface area is 100 Å². The third kappa shape index (κ3) is 5.35. The molecule has 0 unspecified atom stereocenters.